The van der Waals surface area contributed by atoms with Gasteiger partial charge in [-0.25, -0.2) is 8.78 Å². The summed E-state index contributed by atoms with van der Waals surface area (Å²) in [7, 11) is 1.99. The molecule has 0 bridgehead atoms. The van der Waals surface area contributed by atoms with Gasteiger partial charge in [0.05, 0.1) is 11.6 Å². The molecule has 1 amide bonds. The van der Waals surface area contributed by atoms with Crippen LogP contribution in [0.5, 0.6) is 0 Å². The molecular formula is C22H20F2N4O2. The Morgan fingerprint density at radius 2 is 1.90 bits per heavy atom. The number of carbonyl (C=O) groups is 1. The van der Waals surface area contributed by atoms with E-state index in [9.17, 15) is 13.6 Å². The molecule has 3 aromatic rings. The summed E-state index contributed by atoms with van der Waals surface area (Å²) < 4.78 is 32.9. The summed E-state index contributed by atoms with van der Waals surface area (Å²) in [5, 5.41) is 4.10. The lowest BCUT2D eigenvalue weighted by molar-refractivity contribution is 0.0111. The van der Waals surface area contributed by atoms with Gasteiger partial charge in [-0.3, -0.25) is 9.69 Å². The van der Waals surface area contributed by atoms with Gasteiger partial charge >= 0.3 is 0 Å². The third-order valence-electron chi connectivity index (χ3n) is 6.00. The molecule has 0 N–H and O–H groups in total. The van der Waals surface area contributed by atoms with Crippen LogP contribution in [-0.4, -0.2) is 52.5 Å². The van der Waals surface area contributed by atoms with E-state index >= 15 is 0 Å². The fourth-order valence-corrected chi connectivity index (χ4v) is 4.59. The summed E-state index contributed by atoms with van der Waals surface area (Å²) in [5.41, 5.74) is 0.554. The summed E-state index contributed by atoms with van der Waals surface area (Å²) in [6, 6.07) is 12.5. The monoisotopic (exact) mass is 410 g/mol. The Labute approximate surface area is 172 Å². The highest BCUT2D eigenvalue weighted by Crippen LogP contribution is 2.47. The summed E-state index contributed by atoms with van der Waals surface area (Å²) in [5.74, 6) is -0.710. The Kier molecular flexibility index (Phi) is 4.39. The van der Waals surface area contributed by atoms with Gasteiger partial charge in [-0.15, -0.1) is 0 Å². The van der Waals surface area contributed by atoms with Crippen LogP contribution in [0.3, 0.4) is 0 Å². The minimum absolute atomic E-state index is 0.0434. The zero-order chi connectivity index (χ0) is 20.9. The van der Waals surface area contributed by atoms with Crippen molar-refractivity contribution >= 4 is 5.91 Å². The number of rotatable bonds is 3. The molecule has 0 aliphatic carbocycles. The number of hydrogen-bond acceptors (Lipinski definition) is 5. The summed E-state index contributed by atoms with van der Waals surface area (Å²) >= 11 is 0. The molecule has 2 aromatic carbocycles. The van der Waals surface area contributed by atoms with E-state index in [1.54, 1.807) is 4.90 Å². The predicted molar refractivity (Wildman–Crippen MR) is 104 cm³/mol. The van der Waals surface area contributed by atoms with Gasteiger partial charge in [0.15, 0.2) is 0 Å². The fourth-order valence-electron chi connectivity index (χ4n) is 4.59. The molecule has 2 aliphatic rings. The molecule has 1 atom stereocenters. The second-order valence-corrected chi connectivity index (χ2v) is 8.24. The standard InChI is InChI=1S/C22H20F2N4O2/c1-27-11-22(12-28(13-22)21(29)16-9-15(23)7-8-17(16)24)10-18(27)20-25-19(26-30-20)14-5-3-2-4-6-14/h2-9,18H,10-13H2,1H3. The first-order valence-electron chi connectivity index (χ1n) is 9.78. The molecule has 1 spiro atoms. The van der Waals surface area contributed by atoms with Gasteiger partial charge in [0.2, 0.25) is 11.7 Å². The number of likely N-dealkylation sites (tertiary alicyclic amines) is 2. The quantitative estimate of drug-likeness (QED) is 0.661. The molecule has 154 valence electrons. The molecule has 2 saturated heterocycles. The fraction of sp³-hybridized carbons (Fsp3) is 0.318. The van der Waals surface area contributed by atoms with E-state index < -0.39 is 17.5 Å². The summed E-state index contributed by atoms with van der Waals surface area (Å²) in [4.78, 5) is 20.9. The molecule has 5 rings (SSSR count). The van der Waals surface area contributed by atoms with Gasteiger partial charge in [-0.1, -0.05) is 35.5 Å². The van der Waals surface area contributed by atoms with Crippen LogP contribution in [0, 0.1) is 17.0 Å². The molecule has 1 aromatic heterocycles. The predicted octanol–water partition coefficient (Wildman–Crippen LogP) is 3.53. The van der Waals surface area contributed by atoms with Crippen LogP contribution in [0.15, 0.2) is 53.1 Å². The first-order chi connectivity index (χ1) is 14.4. The second kappa shape index (κ2) is 6.98. The number of nitrogens with zero attached hydrogens (tertiary/aromatic N) is 4. The van der Waals surface area contributed by atoms with E-state index in [0.717, 1.165) is 36.7 Å². The smallest absolute Gasteiger partial charge is 0.256 e. The molecule has 3 heterocycles. The van der Waals surface area contributed by atoms with Crippen LogP contribution in [-0.2, 0) is 0 Å². The molecule has 30 heavy (non-hydrogen) atoms. The zero-order valence-corrected chi connectivity index (χ0v) is 16.4. The van der Waals surface area contributed by atoms with Crippen molar-refractivity contribution < 1.29 is 18.1 Å². The summed E-state index contributed by atoms with van der Waals surface area (Å²) in [6.07, 6.45) is 0.759. The molecule has 2 aliphatic heterocycles. The molecule has 1 unspecified atom stereocenters. The van der Waals surface area contributed by atoms with Crippen molar-refractivity contribution in [3.63, 3.8) is 0 Å². The maximum Gasteiger partial charge on any atom is 0.256 e. The normalized spacial score (nSPS) is 20.5. The largest absolute Gasteiger partial charge is 0.337 e. The minimum Gasteiger partial charge on any atom is -0.337 e. The highest BCUT2D eigenvalue weighted by Gasteiger charge is 2.53. The van der Waals surface area contributed by atoms with Crippen LogP contribution >= 0.6 is 0 Å². The Bertz CT molecular complexity index is 1100. The van der Waals surface area contributed by atoms with E-state index in [-0.39, 0.29) is 17.0 Å². The van der Waals surface area contributed by atoms with Crippen LogP contribution in [0.1, 0.15) is 28.7 Å². The number of hydrogen-bond donors (Lipinski definition) is 0. The van der Waals surface area contributed by atoms with E-state index in [4.69, 9.17) is 4.52 Å². The van der Waals surface area contributed by atoms with Gasteiger partial charge in [-0.05, 0) is 31.7 Å². The zero-order valence-electron chi connectivity index (χ0n) is 16.4. The van der Waals surface area contributed by atoms with E-state index in [0.29, 0.717) is 24.8 Å². The Morgan fingerprint density at radius 1 is 1.13 bits per heavy atom. The number of carbonyl (C=O) groups excluding carboxylic acids is 1. The number of halogens is 2. The Morgan fingerprint density at radius 3 is 2.67 bits per heavy atom. The van der Waals surface area contributed by atoms with Gasteiger partial charge in [0.25, 0.3) is 5.91 Å². The Hall–Kier alpha value is -3.13. The number of amides is 1. The number of aromatic nitrogens is 2. The van der Waals surface area contributed by atoms with Gasteiger partial charge in [-0.2, -0.15) is 4.98 Å². The van der Waals surface area contributed by atoms with Crippen molar-refractivity contribution in [2.75, 3.05) is 26.7 Å². The second-order valence-electron chi connectivity index (χ2n) is 8.24. The van der Waals surface area contributed by atoms with E-state index in [1.165, 1.54) is 0 Å². The van der Waals surface area contributed by atoms with Crippen molar-refractivity contribution in [3.8, 4) is 11.4 Å². The molecule has 8 heteroatoms. The molecule has 0 saturated carbocycles. The third kappa shape index (κ3) is 3.17. The van der Waals surface area contributed by atoms with Crippen molar-refractivity contribution in [1.29, 1.82) is 0 Å². The first kappa shape index (κ1) is 18.9. The number of benzene rings is 2. The molecule has 2 fully saturated rings. The third-order valence-corrected chi connectivity index (χ3v) is 6.00. The van der Waals surface area contributed by atoms with Crippen LogP contribution < -0.4 is 0 Å². The summed E-state index contributed by atoms with van der Waals surface area (Å²) in [6.45, 7) is 1.74. The lowest BCUT2D eigenvalue weighted by atomic mass is 9.77. The lowest BCUT2D eigenvalue weighted by Crippen LogP contribution is -2.59. The van der Waals surface area contributed by atoms with Gasteiger partial charge in [0.1, 0.15) is 11.6 Å². The Balaban J connectivity index is 1.28. The highest BCUT2D eigenvalue weighted by molar-refractivity contribution is 5.95. The van der Waals surface area contributed by atoms with Crippen molar-refractivity contribution in [2.24, 2.45) is 5.41 Å². The SMILES string of the molecule is CN1CC2(CC1c1nc(-c3ccccc3)no1)CN(C(=O)c1cc(F)ccc1F)C2. The van der Waals surface area contributed by atoms with E-state index in [2.05, 4.69) is 15.0 Å². The maximum absolute atomic E-state index is 13.9. The minimum atomic E-state index is -0.705. The maximum atomic E-state index is 13.9. The first-order valence-corrected chi connectivity index (χ1v) is 9.78. The van der Waals surface area contributed by atoms with Crippen molar-refractivity contribution in [2.45, 2.75) is 12.5 Å². The lowest BCUT2D eigenvalue weighted by Gasteiger charge is -2.48. The average molecular weight is 410 g/mol. The average Bonchev–Trinajstić information content (AvgIpc) is 3.33. The topological polar surface area (TPSA) is 62.5 Å². The van der Waals surface area contributed by atoms with Crippen molar-refractivity contribution in [1.82, 2.24) is 19.9 Å². The van der Waals surface area contributed by atoms with Crippen LogP contribution in [0.2, 0.25) is 0 Å². The van der Waals surface area contributed by atoms with Gasteiger partial charge < -0.3 is 9.42 Å². The van der Waals surface area contributed by atoms with Crippen LogP contribution in [0.25, 0.3) is 11.4 Å². The van der Waals surface area contributed by atoms with Gasteiger partial charge in [0, 0.05) is 30.6 Å². The van der Waals surface area contributed by atoms with E-state index in [1.807, 2.05) is 37.4 Å². The highest BCUT2D eigenvalue weighted by atomic mass is 19.1. The molecule has 0 radical (unpaired) electrons. The molecular weight excluding hydrogens is 390 g/mol. The van der Waals surface area contributed by atoms with Crippen molar-refractivity contribution in [3.05, 3.63) is 71.6 Å². The van der Waals surface area contributed by atoms with Crippen LogP contribution in [0.4, 0.5) is 8.78 Å². The molecule has 6 nitrogen and oxygen atoms in total.